The molecule has 0 fully saturated rings. The third-order valence-corrected chi connectivity index (χ3v) is 3.14. The van der Waals surface area contributed by atoms with Crippen LogP contribution < -0.4 is 4.90 Å². The first kappa shape index (κ1) is 15.0. The molecule has 0 saturated carbocycles. The monoisotopic (exact) mass is 273 g/mol. The van der Waals surface area contributed by atoms with Crippen LogP contribution >= 0.6 is 11.6 Å². The van der Waals surface area contributed by atoms with Crippen LogP contribution in [-0.2, 0) is 22.4 Å². The molecule has 0 aromatic heterocycles. The highest BCUT2D eigenvalue weighted by Crippen LogP contribution is 2.27. The van der Waals surface area contributed by atoms with Crippen LogP contribution in [0.5, 0.6) is 0 Å². The van der Waals surface area contributed by atoms with Gasteiger partial charge in [0.15, 0.2) is 0 Å². The summed E-state index contributed by atoms with van der Waals surface area (Å²) < 4.78 is 5.13. The van der Waals surface area contributed by atoms with Gasteiger partial charge in [-0.2, -0.15) is 0 Å². The van der Waals surface area contributed by atoms with E-state index in [1.165, 1.54) is 0 Å². The Morgan fingerprint density at radius 2 is 1.83 bits per heavy atom. The number of amides is 1. The van der Waals surface area contributed by atoms with E-state index in [9.17, 15) is 4.79 Å². The van der Waals surface area contributed by atoms with Gasteiger partial charge in [-0.25, -0.2) is 0 Å². The molecule has 4 heteroatoms. The number of nitrogens with zero attached hydrogens (tertiary/aromatic N) is 1. The Hall–Kier alpha value is -1.06. The van der Waals surface area contributed by atoms with Crippen LogP contribution in [0.25, 0.3) is 0 Å². The number of hydrogen-bond acceptors (Lipinski definition) is 2. The molecule has 1 aromatic carbocycles. The molecule has 0 heterocycles. The molecule has 0 spiro atoms. The number of benzene rings is 1. The number of para-hydroxylation sites is 1. The molecule has 0 atom stereocenters. The molecule has 18 heavy (non-hydrogen) atoms. The van der Waals surface area contributed by atoms with Crippen molar-refractivity contribution >= 4 is 23.2 Å². The first-order valence-electron chi connectivity index (χ1n) is 6.15. The Labute approximate surface area is 114 Å². The van der Waals surface area contributed by atoms with Crippen molar-refractivity contribution in [3.63, 3.8) is 0 Å². The Morgan fingerprint density at radius 1 is 1.28 bits per heavy atom. The van der Waals surface area contributed by atoms with Crippen molar-refractivity contribution in [1.82, 2.24) is 0 Å². The molecule has 0 unspecified atom stereocenters. The van der Waals surface area contributed by atoms with E-state index in [4.69, 9.17) is 16.3 Å². The van der Waals surface area contributed by atoms with Crippen LogP contribution in [0.2, 0.25) is 0 Å². The van der Waals surface area contributed by atoms with Gasteiger partial charge < -0.3 is 4.74 Å². The number of anilines is 1. The summed E-state index contributed by atoms with van der Waals surface area (Å²) in [5.41, 5.74) is 3.24. The lowest BCUT2D eigenvalue weighted by atomic mass is 10.0. The second-order valence-corrected chi connectivity index (χ2v) is 4.27. The standard InChI is InChI=1S/C14H20ClNO2/c1-4-11-7-6-8-12(5-2)14(11)16(10-18-3)13(17)9-15/h6-8H,4-5,9-10H2,1-3H3/i3+1,9+1,10+1,13+1. The molecule has 0 aliphatic carbocycles. The molecule has 0 N–H and O–H groups in total. The smallest absolute Gasteiger partial charge is 0.243 e. The van der Waals surface area contributed by atoms with Gasteiger partial charge in [0.1, 0.15) is 12.6 Å². The number of halogens is 1. The van der Waals surface area contributed by atoms with Gasteiger partial charge in [0.2, 0.25) is 5.91 Å². The lowest BCUT2D eigenvalue weighted by Gasteiger charge is -2.26. The van der Waals surface area contributed by atoms with Gasteiger partial charge in [0.25, 0.3) is 0 Å². The van der Waals surface area contributed by atoms with Crippen LogP contribution in [-0.4, -0.2) is 25.6 Å². The number of aryl methyl sites for hydroxylation is 2. The van der Waals surface area contributed by atoms with E-state index in [0.717, 1.165) is 29.7 Å². The largest absolute Gasteiger partial charge is 0.364 e. The summed E-state index contributed by atoms with van der Waals surface area (Å²) in [7, 11) is 1.58. The molecule has 0 aliphatic heterocycles. The van der Waals surface area contributed by atoms with E-state index in [2.05, 4.69) is 13.8 Å². The number of carbonyl (C=O) groups is 1. The van der Waals surface area contributed by atoms with E-state index in [1.54, 1.807) is 12.0 Å². The average Bonchev–Trinajstić information content (AvgIpc) is 2.43. The lowest BCUT2D eigenvalue weighted by molar-refractivity contribution is -0.117. The summed E-state index contributed by atoms with van der Waals surface area (Å²) in [5.74, 6) is -0.168. The van der Waals surface area contributed by atoms with Crippen LogP contribution in [0.4, 0.5) is 5.69 Å². The van der Waals surface area contributed by atoms with Gasteiger partial charge in [-0.15, -0.1) is 11.6 Å². The summed E-state index contributed by atoms with van der Waals surface area (Å²) in [6.45, 7) is 4.39. The minimum absolute atomic E-state index is 0.0371. The maximum Gasteiger partial charge on any atom is 0.243 e. The summed E-state index contributed by atoms with van der Waals surface area (Å²) in [4.78, 5) is 13.6. The van der Waals surface area contributed by atoms with Crippen molar-refractivity contribution in [3.05, 3.63) is 29.3 Å². The van der Waals surface area contributed by atoms with Crippen LogP contribution in [0.3, 0.4) is 0 Å². The Bertz CT molecular complexity index is 385. The summed E-state index contributed by atoms with van der Waals surface area (Å²) in [5, 5.41) is 0. The zero-order chi connectivity index (χ0) is 13.5. The fraction of sp³-hybridized carbons (Fsp3) is 0.500. The van der Waals surface area contributed by atoms with Crippen molar-refractivity contribution in [2.24, 2.45) is 0 Å². The molecule has 100 valence electrons. The highest BCUT2D eigenvalue weighted by atomic mass is 35.5. The van der Waals surface area contributed by atoms with Gasteiger partial charge >= 0.3 is 0 Å². The van der Waals surface area contributed by atoms with Crippen molar-refractivity contribution < 1.29 is 9.53 Å². The van der Waals surface area contributed by atoms with Gasteiger partial charge in [-0.05, 0) is 24.0 Å². The van der Waals surface area contributed by atoms with E-state index < -0.39 is 0 Å². The Kier molecular flexibility index (Phi) is 6.16. The summed E-state index contributed by atoms with van der Waals surface area (Å²) >= 11 is 5.68. The maximum atomic E-state index is 12.0. The highest BCUT2D eigenvalue weighted by molar-refractivity contribution is 6.29. The van der Waals surface area contributed by atoms with E-state index in [1.807, 2.05) is 18.2 Å². The summed E-state index contributed by atoms with van der Waals surface area (Å²) in [6.07, 6.45) is 1.75. The Balaban J connectivity index is 3.28. The van der Waals surface area contributed by atoms with Gasteiger partial charge in [0, 0.05) is 7.11 Å². The second-order valence-electron chi connectivity index (χ2n) is 4.01. The van der Waals surface area contributed by atoms with Crippen LogP contribution in [0.15, 0.2) is 18.2 Å². The minimum atomic E-state index is -0.130. The van der Waals surface area contributed by atoms with Crippen molar-refractivity contribution in [2.45, 2.75) is 26.7 Å². The fourth-order valence-corrected chi connectivity index (χ4v) is 2.17. The molecule has 1 rings (SSSR count). The quantitative estimate of drug-likeness (QED) is 0.453. The van der Waals surface area contributed by atoms with E-state index in [-0.39, 0.29) is 18.5 Å². The maximum absolute atomic E-state index is 12.0. The van der Waals surface area contributed by atoms with E-state index >= 15 is 0 Å². The predicted octanol–water partition coefficient (Wildman–Crippen LogP) is 2.99. The molecule has 3 nitrogen and oxygen atoms in total. The van der Waals surface area contributed by atoms with Gasteiger partial charge in [-0.1, -0.05) is 32.0 Å². The predicted molar refractivity (Wildman–Crippen MR) is 75.3 cm³/mol. The third-order valence-electron chi connectivity index (χ3n) is 2.91. The second kappa shape index (κ2) is 7.39. The molecule has 1 aromatic rings. The Morgan fingerprint density at radius 3 is 2.22 bits per heavy atom. The molecule has 1 amide bonds. The van der Waals surface area contributed by atoms with Crippen molar-refractivity contribution in [3.8, 4) is 0 Å². The SMILES string of the molecule is CCc1cccc(CC)c1N([13CH2]O[13CH3])[13C](=O)[13CH2]Cl. The summed E-state index contributed by atoms with van der Waals surface area (Å²) in [6, 6.07) is 6.11. The molecule has 0 saturated heterocycles. The zero-order valence-corrected chi connectivity index (χ0v) is 12.0. The van der Waals surface area contributed by atoms with Gasteiger partial charge in [0.05, 0.1) is 5.69 Å². The van der Waals surface area contributed by atoms with Crippen molar-refractivity contribution in [2.75, 3.05) is 24.6 Å². The van der Waals surface area contributed by atoms with Crippen LogP contribution in [0.1, 0.15) is 25.0 Å². The van der Waals surface area contributed by atoms with Crippen molar-refractivity contribution in [1.29, 1.82) is 0 Å². The number of hydrogen-bond donors (Lipinski definition) is 0. The first-order valence-corrected chi connectivity index (χ1v) is 6.69. The lowest BCUT2D eigenvalue weighted by Crippen LogP contribution is -2.35. The minimum Gasteiger partial charge on any atom is -0.364 e. The molecular formula is C14H20ClNO2. The number of ether oxygens (including phenoxy) is 1. The first-order chi connectivity index (χ1) is 8.69. The molecule has 0 radical (unpaired) electrons. The molecule has 0 aliphatic rings. The van der Waals surface area contributed by atoms with Crippen LogP contribution in [0, 0.1) is 0 Å². The van der Waals surface area contributed by atoms with Gasteiger partial charge in [-0.3, -0.25) is 9.69 Å². The normalized spacial score (nSPS) is 10.4. The number of alkyl halides is 1. The molecular weight excluding hydrogens is 254 g/mol. The number of methoxy groups -OCH3 is 1. The number of rotatable bonds is 6. The topological polar surface area (TPSA) is 29.5 Å². The third kappa shape index (κ3) is 3.24. The highest BCUT2D eigenvalue weighted by Gasteiger charge is 2.19. The molecule has 0 bridgehead atoms. The average molecular weight is 274 g/mol. The van der Waals surface area contributed by atoms with E-state index in [0.29, 0.717) is 0 Å². The fourth-order valence-electron chi connectivity index (χ4n) is 2.02. The zero-order valence-electron chi connectivity index (χ0n) is 11.2. The number of carbonyl (C=O) groups excluding carboxylic acids is 1.